The molecule has 2 aromatic rings. The molecule has 136 valence electrons. The molecular weight excluding hydrogens is 342 g/mol. The van der Waals surface area contributed by atoms with Crippen LogP contribution >= 0.6 is 0 Å². The average Bonchev–Trinajstić information content (AvgIpc) is 2.66. The van der Waals surface area contributed by atoms with E-state index < -0.39 is 10.8 Å². The molecule has 0 atom stereocenters. The number of hydrazone groups is 1. The number of nitrogens with one attached hydrogen (secondary N) is 1. The normalized spacial score (nSPS) is 10.4. The van der Waals surface area contributed by atoms with Gasteiger partial charge in [-0.05, 0) is 30.3 Å². The summed E-state index contributed by atoms with van der Waals surface area (Å²) in [5, 5.41) is 15.0. The first-order valence-electron chi connectivity index (χ1n) is 7.38. The zero-order valence-corrected chi connectivity index (χ0v) is 14.4. The Morgan fingerprint density at radius 3 is 2.38 bits per heavy atom. The van der Waals surface area contributed by atoms with Crippen LogP contribution in [0.5, 0.6) is 17.2 Å². The van der Waals surface area contributed by atoms with Gasteiger partial charge < -0.3 is 14.2 Å². The molecular formula is C17H17N3O6. The Kier molecular flexibility index (Phi) is 6.10. The lowest BCUT2D eigenvalue weighted by Gasteiger charge is -2.08. The van der Waals surface area contributed by atoms with E-state index in [0.29, 0.717) is 17.1 Å². The number of para-hydroxylation sites is 1. The molecule has 0 aliphatic heterocycles. The maximum absolute atomic E-state index is 12.2. The molecule has 0 aliphatic carbocycles. The quantitative estimate of drug-likeness (QED) is 0.461. The van der Waals surface area contributed by atoms with Crippen molar-refractivity contribution < 1.29 is 23.9 Å². The molecule has 2 aromatic carbocycles. The van der Waals surface area contributed by atoms with Crippen molar-refractivity contribution in [3.8, 4) is 17.2 Å². The summed E-state index contributed by atoms with van der Waals surface area (Å²) in [7, 11) is 4.28. The number of nitro benzene ring substituents is 1. The number of hydrogen-bond acceptors (Lipinski definition) is 7. The number of nitro groups is 1. The summed E-state index contributed by atoms with van der Waals surface area (Å²) in [5.74, 6) is 0.477. The van der Waals surface area contributed by atoms with Gasteiger partial charge in [-0.15, -0.1) is 0 Å². The molecule has 9 nitrogen and oxygen atoms in total. The monoisotopic (exact) mass is 359 g/mol. The molecule has 1 N–H and O–H groups in total. The number of nitrogens with zero attached hydrogens (tertiary/aromatic N) is 2. The first-order chi connectivity index (χ1) is 12.5. The van der Waals surface area contributed by atoms with Gasteiger partial charge in [-0.2, -0.15) is 5.10 Å². The highest BCUT2D eigenvalue weighted by molar-refractivity contribution is 5.96. The predicted molar refractivity (Wildman–Crippen MR) is 94.3 cm³/mol. The number of carbonyl (C=O) groups is 1. The molecule has 0 bridgehead atoms. The summed E-state index contributed by atoms with van der Waals surface area (Å²) in [6.07, 6.45) is 1.18. The lowest BCUT2D eigenvalue weighted by Crippen LogP contribution is -2.17. The molecule has 9 heteroatoms. The molecule has 0 heterocycles. The van der Waals surface area contributed by atoms with Crippen molar-refractivity contribution in [2.24, 2.45) is 5.10 Å². The van der Waals surface area contributed by atoms with Gasteiger partial charge in [-0.1, -0.05) is 6.07 Å². The van der Waals surface area contributed by atoms with Gasteiger partial charge in [0.05, 0.1) is 38.0 Å². The van der Waals surface area contributed by atoms with Gasteiger partial charge >= 0.3 is 5.69 Å². The Bertz CT molecular complexity index is 850. The van der Waals surface area contributed by atoms with E-state index in [9.17, 15) is 14.9 Å². The molecule has 1 amide bonds. The van der Waals surface area contributed by atoms with Crippen LogP contribution in [0.1, 0.15) is 15.9 Å². The van der Waals surface area contributed by atoms with Crippen LogP contribution in [0.2, 0.25) is 0 Å². The van der Waals surface area contributed by atoms with E-state index in [1.165, 1.54) is 45.7 Å². The summed E-state index contributed by atoms with van der Waals surface area (Å²) in [4.78, 5) is 22.8. The molecule has 0 saturated carbocycles. The maximum Gasteiger partial charge on any atom is 0.319 e. The highest BCUT2D eigenvalue weighted by Crippen LogP contribution is 2.29. The Hall–Kier alpha value is -3.62. The number of amides is 1. The Morgan fingerprint density at radius 2 is 1.77 bits per heavy atom. The van der Waals surface area contributed by atoms with E-state index in [1.807, 2.05) is 0 Å². The first kappa shape index (κ1) is 18.7. The molecule has 2 rings (SSSR count). The van der Waals surface area contributed by atoms with Crippen LogP contribution < -0.4 is 19.6 Å². The van der Waals surface area contributed by atoms with Crippen molar-refractivity contribution in [3.63, 3.8) is 0 Å². The Labute approximate surface area is 149 Å². The third-order valence-electron chi connectivity index (χ3n) is 3.45. The van der Waals surface area contributed by atoms with Crippen LogP contribution in [0, 0.1) is 10.1 Å². The van der Waals surface area contributed by atoms with Crippen LogP contribution in [0.15, 0.2) is 41.5 Å². The molecule has 26 heavy (non-hydrogen) atoms. The van der Waals surface area contributed by atoms with Crippen LogP contribution in [0.25, 0.3) is 0 Å². The van der Waals surface area contributed by atoms with Gasteiger partial charge in [0.1, 0.15) is 0 Å². The SMILES string of the molecule is COc1ccc(C(=O)NN=Cc2cccc(OC)c2[N+](=O)[O-])cc1OC. The lowest BCUT2D eigenvalue weighted by atomic mass is 10.2. The van der Waals surface area contributed by atoms with E-state index in [0.717, 1.165) is 0 Å². The topological polar surface area (TPSA) is 112 Å². The second-order valence-electron chi connectivity index (χ2n) is 4.92. The van der Waals surface area contributed by atoms with Crippen molar-refractivity contribution in [3.05, 3.63) is 57.6 Å². The van der Waals surface area contributed by atoms with E-state index >= 15 is 0 Å². The molecule has 0 saturated heterocycles. The van der Waals surface area contributed by atoms with Gasteiger partial charge in [0.15, 0.2) is 17.2 Å². The number of benzene rings is 2. The summed E-state index contributed by atoms with van der Waals surface area (Å²) >= 11 is 0. The molecule has 0 fully saturated rings. The number of carbonyl (C=O) groups excluding carboxylic acids is 1. The molecule has 0 unspecified atom stereocenters. The van der Waals surface area contributed by atoms with Gasteiger partial charge in [-0.3, -0.25) is 14.9 Å². The largest absolute Gasteiger partial charge is 0.493 e. The Morgan fingerprint density at radius 1 is 1.08 bits per heavy atom. The summed E-state index contributed by atoms with van der Waals surface area (Å²) in [5.41, 5.74) is 2.56. The number of rotatable bonds is 7. The minimum Gasteiger partial charge on any atom is -0.493 e. The van der Waals surface area contributed by atoms with Crippen LogP contribution in [0.3, 0.4) is 0 Å². The van der Waals surface area contributed by atoms with Gasteiger partial charge in [0, 0.05) is 5.56 Å². The van der Waals surface area contributed by atoms with Crippen LogP contribution in [-0.4, -0.2) is 38.4 Å². The number of hydrogen-bond donors (Lipinski definition) is 1. The fourth-order valence-electron chi connectivity index (χ4n) is 2.21. The third kappa shape index (κ3) is 4.07. The van der Waals surface area contributed by atoms with Crippen LogP contribution in [0.4, 0.5) is 5.69 Å². The molecule has 0 aromatic heterocycles. The third-order valence-corrected chi connectivity index (χ3v) is 3.45. The van der Waals surface area contributed by atoms with E-state index in [4.69, 9.17) is 14.2 Å². The minimum absolute atomic E-state index is 0.102. The standard InChI is InChI=1S/C17H17N3O6/c1-24-13-8-7-11(9-15(13)26-3)17(21)19-18-10-12-5-4-6-14(25-2)16(12)20(22)23/h4-10H,1-3H3,(H,19,21). The zero-order valence-electron chi connectivity index (χ0n) is 14.4. The lowest BCUT2D eigenvalue weighted by molar-refractivity contribution is -0.385. The molecule has 0 spiro atoms. The first-order valence-corrected chi connectivity index (χ1v) is 7.38. The van der Waals surface area contributed by atoms with Gasteiger partial charge in [-0.25, -0.2) is 5.43 Å². The molecule has 0 aliphatic rings. The zero-order chi connectivity index (χ0) is 19.1. The van der Waals surface area contributed by atoms with E-state index in [1.54, 1.807) is 18.2 Å². The smallest absolute Gasteiger partial charge is 0.319 e. The van der Waals surface area contributed by atoms with E-state index in [2.05, 4.69) is 10.5 Å². The fourth-order valence-corrected chi connectivity index (χ4v) is 2.21. The predicted octanol–water partition coefficient (Wildman–Crippen LogP) is 2.38. The van der Waals surface area contributed by atoms with Gasteiger partial charge in [0.25, 0.3) is 5.91 Å². The van der Waals surface area contributed by atoms with Crippen molar-refractivity contribution in [2.75, 3.05) is 21.3 Å². The maximum atomic E-state index is 12.2. The van der Waals surface area contributed by atoms with Crippen molar-refractivity contribution in [2.45, 2.75) is 0 Å². The van der Waals surface area contributed by atoms with E-state index in [-0.39, 0.29) is 17.0 Å². The highest BCUT2D eigenvalue weighted by atomic mass is 16.6. The highest BCUT2D eigenvalue weighted by Gasteiger charge is 2.19. The fraction of sp³-hybridized carbons (Fsp3) is 0.176. The van der Waals surface area contributed by atoms with Crippen LogP contribution in [-0.2, 0) is 0 Å². The number of ether oxygens (including phenoxy) is 3. The Balaban J connectivity index is 2.19. The minimum atomic E-state index is -0.573. The summed E-state index contributed by atoms with van der Waals surface area (Å²) in [6, 6.07) is 9.18. The average molecular weight is 359 g/mol. The molecule has 0 radical (unpaired) electrons. The summed E-state index contributed by atoms with van der Waals surface area (Å²) in [6.45, 7) is 0. The summed E-state index contributed by atoms with van der Waals surface area (Å²) < 4.78 is 15.2. The second-order valence-corrected chi connectivity index (χ2v) is 4.92. The number of methoxy groups -OCH3 is 3. The van der Waals surface area contributed by atoms with Crippen molar-refractivity contribution in [1.82, 2.24) is 5.43 Å². The second kappa shape index (κ2) is 8.47. The van der Waals surface area contributed by atoms with Crippen molar-refractivity contribution in [1.29, 1.82) is 0 Å². The van der Waals surface area contributed by atoms with Gasteiger partial charge in [0.2, 0.25) is 0 Å². The van der Waals surface area contributed by atoms with Crippen molar-refractivity contribution >= 4 is 17.8 Å².